The minimum absolute atomic E-state index is 0.00261. The third-order valence-electron chi connectivity index (χ3n) is 3.44. The van der Waals surface area contributed by atoms with Crippen molar-refractivity contribution in [3.63, 3.8) is 0 Å². The van der Waals surface area contributed by atoms with Crippen molar-refractivity contribution >= 4 is 21.6 Å². The molecule has 0 spiro atoms. The molecule has 26 heavy (non-hydrogen) atoms. The first-order valence-corrected chi connectivity index (χ1v) is 9.00. The number of alkyl halides is 2. The van der Waals surface area contributed by atoms with Crippen molar-refractivity contribution in [3.05, 3.63) is 54.1 Å². The summed E-state index contributed by atoms with van der Waals surface area (Å²) in [5.41, 5.74) is 1.11. The highest BCUT2D eigenvalue weighted by molar-refractivity contribution is 7.89. The predicted octanol–water partition coefficient (Wildman–Crippen LogP) is 3.07. The van der Waals surface area contributed by atoms with Crippen LogP contribution in [0.25, 0.3) is 0 Å². The summed E-state index contributed by atoms with van der Waals surface area (Å²) >= 11 is 0. The van der Waals surface area contributed by atoms with Gasteiger partial charge < -0.3 is 10.1 Å². The van der Waals surface area contributed by atoms with Gasteiger partial charge in [0, 0.05) is 26.2 Å². The fourth-order valence-electron chi connectivity index (χ4n) is 2.21. The summed E-state index contributed by atoms with van der Waals surface area (Å²) in [4.78, 5) is 11.1. The van der Waals surface area contributed by atoms with Gasteiger partial charge in [-0.05, 0) is 42.0 Å². The maximum atomic E-state index is 12.6. The van der Waals surface area contributed by atoms with Gasteiger partial charge in [0.05, 0.1) is 4.90 Å². The molecule has 0 atom stereocenters. The molecule has 0 saturated carbocycles. The lowest BCUT2D eigenvalue weighted by atomic mass is 10.2. The fraction of sp³-hybridized carbons (Fsp3) is 0.235. The second kappa shape index (κ2) is 8.24. The van der Waals surface area contributed by atoms with Crippen molar-refractivity contribution in [2.45, 2.75) is 25.0 Å². The Balaban J connectivity index is 2.09. The molecule has 0 saturated heterocycles. The van der Waals surface area contributed by atoms with Crippen LogP contribution in [0.3, 0.4) is 0 Å². The van der Waals surface area contributed by atoms with Gasteiger partial charge in [-0.3, -0.25) is 4.79 Å². The molecule has 2 rings (SSSR count). The van der Waals surface area contributed by atoms with E-state index < -0.39 is 16.6 Å². The van der Waals surface area contributed by atoms with Gasteiger partial charge in [-0.1, -0.05) is 12.1 Å². The highest BCUT2D eigenvalue weighted by atomic mass is 32.2. The molecule has 6 nitrogen and oxygen atoms in total. The van der Waals surface area contributed by atoms with Gasteiger partial charge in [0.1, 0.15) is 5.75 Å². The number of sulfonamides is 1. The molecule has 1 N–H and O–H groups in total. The number of nitrogens with zero attached hydrogens (tertiary/aromatic N) is 1. The molecule has 2 aromatic carbocycles. The van der Waals surface area contributed by atoms with E-state index in [1.165, 1.54) is 62.5 Å². The predicted molar refractivity (Wildman–Crippen MR) is 92.5 cm³/mol. The van der Waals surface area contributed by atoms with Crippen molar-refractivity contribution in [2.75, 3.05) is 12.4 Å². The van der Waals surface area contributed by atoms with E-state index in [9.17, 15) is 22.0 Å². The van der Waals surface area contributed by atoms with E-state index in [1.54, 1.807) is 0 Å². The number of benzene rings is 2. The van der Waals surface area contributed by atoms with E-state index in [0.717, 1.165) is 4.31 Å². The van der Waals surface area contributed by atoms with Crippen molar-refractivity contribution in [2.24, 2.45) is 0 Å². The molecule has 0 unspecified atom stereocenters. The summed E-state index contributed by atoms with van der Waals surface area (Å²) in [6.45, 7) is -1.50. The Kier molecular flexibility index (Phi) is 6.27. The maximum Gasteiger partial charge on any atom is 0.387 e. The zero-order chi connectivity index (χ0) is 19.3. The molecule has 1 amide bonds. The van der Waals surface area contributed by atoms with Gasteiger partial charge in [0.2, 0.25) is 15.9 Å². The van der Waals surface area contributed by atoms with Gasteiger partial charge in [-0.2, -0.15) is 13.1 Å². The third-order valence-corrected chi connectivity index (χ3v) is 5.25. The highest BCUT2D eigenvalue weighted by Crippen LogP contribution is 2.21. The van der Waals surface area contributed by atoms with Crippen LogP contribution in [0, 0.1) is 0 Å². The van der Waals surface area contributed by atoms with Gasteiger partial charge in [-0.25, -0.2) is 8.42 Å². The Morgan fingerprint density at radius 2 is 1.69 bits per heavy atom. The Hall–Kier alpha value is -2.52. The fourth-order valence-corrected chi connectivity index (χ4v) is 3.37. The molecule has 0 aliphatic carbocycles. The maximum absolute atomic E-state index is 12.6. The molecule has 0 aliphatic heterocycles. The molecule has 0 aromatic heterocycles. The average Bonchev–Trinajstić information content (AvgIpc) is 2.56. The van der Waals surface area contributed by atoms with Gasteiger partial charge in [0.25, 0.3) is 0 Å². The van der Waals surface area contributed by atoms with E-state index in [-0.39, 0.29) is 23.1 Å². The summed E-state index contributed by atoms with van der Waals surface area (Å²) in [7, 11) is -2.32. The Labute approximate surface area is 150 Å². The second-order valence-electron chi connectivity index (χ2n) is 5.49. The number of hydrogen-bond donors (Lipinski definition) is 1. The smallest absolute Gasteiger partial charge is 0.387 e. The lowest BCUT2D eigenvalue weighted by molar-refractivity contribution is -0.114. The monoisotopic (exact) mass is 384 g/mol. The van der Waals surface area contributed by atoms with Gasteiger partial charge in [-0.15, -0.1) is 0 Å². The van der Waals surface area contributed by atoms with Crippen LogP contribution in [-0.4, -0.2) is 32.3 Å². The lowest BCUT2D eigenvalue weighted by Crippen LogP contribution is -2.26. The first-order valence-electron chi connectivity index (χ1n) is 7.56. The van der Waals surface area contributed by atoms with E-state index in [0.29, 0.717) is 11.3 Å². The molecule has 0 aliphatic rings. The van der Waals surface area contributed by atoms with Crippen molar-refractivity contribution in [3.8, 4) is 5.75 Å². The van der Waals surface area contributed by atoms with Gasteiger partial charge in [0.15, 0.2) is 0 Å². The van der Waals surface area contributed by atoms with Crippen molar-refractivity contribution in [1.29, 1.82) is 0 Å². The minimum atomic E-state index is -3.74. The quantitative estimate of drug-likeness (QED) is 0.796. The number of amides is 1. The SMILES string of the molecule is CC(=O)Nc1ccc(S(=O)(=O)N(C)Cc2ccc(OC(F)F)cc2)cc1. The first-order chi connectivity index (χ1) is 12.2. The molecular weight excluding hydrogens is 366 g/mol. The zero-order valence-electron chi connectivity index (χ0n) is 14.1. The molecule has 0 heterocycles. The van der Waals surface area contributed by atoms with Crippen LogP contribution in [0.5, 0.6) is 5.75 Å². The van der Waals surface area contributed by atoms with E-state index in [1.807, 2.05) is 0 Å². The zero-order valence-corrected chi connectivity index (χ0v) is 15.0. The minimum Gasteiger partial charge on any atom is -0.435 e. The summed E-state index contributed by atoms with van der Waals surface area (Å²) in [5, 5.41) is 2.56. The van der Waals surface area contributed by atoms with Gasteiger partial charge >= 0.3 is 6.61 Å². The Bertz CT molecular complexity index is 853. The first kappa shape index (κ1) is 19.8. The standard InChI is InChI=1S/C17H18F2N2O4S/c1-12(22)20-14-5-9-16(10-6-14)26(23,24)21(2)11-13-3-7-15(8-4-13)25-17(18)19/h3-10,17H,11H2,1-2H3,(H,20,22). The number of ether oxygens (including phenoxy) is 1. The molecule has 2 aromatic rings. The number of anilines is 1. The normalized spacial score (nSPS) is 11.6. The highest BCUT2D eigenvalue weighted by Gasteiger charge is 2.21. The van der Waals surface area contributed by atoms with Crippen LogP contribution in [0.4, 0.5) is 14.5 Å². The number of rotatable bonds is 7. The van der Waals surface area contributed by atoms with Crippen molar-refractivity contribution in [1.82, 2.24) is 4.31 Å². The summed E-state index contributed by atoms with van der Waals surface area (Å²) in [5.74, 6) is -0.250. The van der Waals surface area contributed by atoms with Crippen LogP contribution in [-0.2, 0) is 21.4 Å². The average molecular weight is 384 g/mol. The van der Waals surface area contributed by atoms with Crippen LogP contribution >= 0.6 is 0 Å². The number of hydrogen-bond acceptors (Lipinski definition) is 4. The van der Waals surface area contributed by atoms with Crippen LogP contribution < -0.4 is 10.1 Å². The largest absolute Gasteiger partial charge is 0.435 e. The molecule has 9 heteroatoms. The summed E-state index contributed by atoms with van der Waals surface area (Å²) < 4.78 is 54.9. The number of carbonyl (C=O) groups is 1. The van der Waals surface area contributed by atoms with E-state index in [2.05, 4.69) is 10.1 Å². The topological polar surface area (TPSA) is 75.7 Å². The molecule has 0 radical (unpaired) electrons. The Morgan fingerprint density at radius 1 is 1.12 bits per heavy atom. The van der Waals surface area contributed by atoms with Crippen molar-refractivity contribution < 1.29 is 26.7 Å². The van der Waals surface area contributed by atoms with E-state index in [4.69, 9.17) is 0 Å². The number of halogens is 2. The van der Waals surface area contributed by atoms with Crippen LogP contribution in [0.15, 0.2) is 53.4 Å². The molecule has 0 fully saturated rings. The third kappa shape index (κ3) is 5.24. The number of carbonyl (C=O) groups excluding carboxylic acids is 1. The van der Waals surface area contributed by atoms with Crippen LogP contribution in [0.1, 0.15) is 12.5 Å². The molecule has 0 bridgehead atoms. The second-order valence-corrected chi connectivity index (χ2v) is 7.53. The van der Waals surface area contributed by atoms with Crippen LogP contribution in [0.2, 0.25) is 0 Å². The summed E-state index contributed by atoms with van der Waals surface area (Å²) in [6.07, 6.45) is 0. The molecular formula is C17H18F2N2O4S. The van der Waals surface area contributed by atoms with E-state index >= 15 is 0 Å². The molecule has 140 valence electrons. The lowest BCUT2D eigenvalue weighted by Gasteiger charge is -2.18. The Morgan fingerprint density at radius 3 is 2.19 bits per heavy atom. The number of nitrogens with one attached hydrogen (secondary N) is 1. The summed E-state index contributed by atoms with van der Waals surface area (Å²) in [6, 6.07) is 11.5.